The molecule has 0 radical (unpaired) electrons. The number of anilines is 1. The summed E-state index contributed by atoms with van der Waals surface area (Å²) in [7, 11) is 0. The smallest absolute Gasteiger partial charge is 0.323 e. The summed E-state index contributed by atoms with van der Waals surface area (Å²) in [5.74, 6) is -1.58. The second-order valence-electron chi connectivity index (χ2n) is 3.89. The minimum atomic E-state index is -1.12. The summed E-state index contributed by atoms with van der Waals surface area (Å²) in [5, 5.41) is 16.6. The number of benzene rings is 1. The highest BCUT2D eigenvalue weighted by molar-refractivity contribution is 6.30. The number of hydrogen-bond acceptors (Lipinski definition) is 4. The van der Waals surface area contributed by atoms with Crippen LogP contribution in [0.1, 0.15) is 10.4 Å². The molecule has 0 saturated heterocycles. The first kappa shape index (κ1) is 14.0. The maximum Gasteiger partial charge on any atom is 0.323 e. The largest absolute Gasteiger partial charge is 0.480 e. The van der Waals surface area contributed by atoms with Gasteiger partial charge in [-0.25, -0.2) is 0 Å². The molecule has 0 fully saturated rings. The number of carbonyl (C=O) groups is 2. The number of aliphatic carboxylic acids is 1. The number of rotatable bonds is 4. The van der Waals surface area contributed by atoms with Crippen LogP contribution in [0, 0.1) is 0 Å². The number of halogens is 1. The standard InChI is InChI=1S/C13H10ClN3O3/c14-10-1-3-11(4-2-10)17(8-12(18)19)13(20)9-5-6-15-16-7-9/h1-7H,8H2,(H,18,19). The van der Waals surface area contributed by atoms with Crippen molar-refractivity contribution in [2.75, 3.05) is 11.4 Å². The zero-order valence-corrected chi connectivity index (χ0v) is 11.0. The first-order valence-corrected chi connectivity index (χ1v) is 6.01. The summed E-state index contributed by atoms with van der Waals surface area (Å²) in [5.41, 5.74) is 0.704. The fourth-order valence-electron chi connectivity index (χ4n) is 1.61. The summed E-state index contributed by atoms with van der Waals surface area (Å²) in [4.78, 5) is 24.4. The second kappa shape index (κ2) is 6.12. The molecule has 0 bridgehead atoms. The van der Waals surface area contributed by atoms with Gasteiger partial charge in [-0.1, -0.05) is 11.6 Å². The van der Waals surface area contributed by atoms with Gasteiger partial charge in [0.1, 0.15) is 6.54 Å². The van der Waals surface area contributed by atoms with E-state index in [0.717, 1.165) is 4.90 Å². The fraction of sp³-hybridized carbons (Fsp3) is 0.0769. The van der Waals surface area contributed by atoms with Crippen LogP contribution in [0.25, 0.3) is 0 Å². The normalized spacial score (nSPS) is 10.1. The molecule has 102 valence electrons. The van der Waals surface area contributed by atoms with Gasteiger partial charge >= 0.3 is 5.97 Å². The molecule has 0 aliphatic rings. The Hall–Kier alpha value is -2.47. The number of aromatic nitrogens is 2. The zero-order valence-electron chi connectivity index (χ0n) is 10.2. The van der Waals surface area contributed by atoms with Crippen LogP contribution in [-0.4, -0.2) is 33.7 Å². The number of nitrogens with zero attached hydrogens (tertiary/aromatic N) is 3. The molecule has 0 atom stereocenters. The van der Waals surface area contributed by atoms with Crippen molar-refractivity contribution >= 4 is 29.2 Å². The average molecular weight is 292 g/mol. The van der Waals surface area contributed by atoms with E-state index in [0.29, 0.717) is 10.7 Å². The van der Waals surface area contributed by atoms with Gasteiger partial charge in [0, 0.05) is 10.7 Å². The molecule has 6 nitrogen and oxygen atoms in total. The van der Waals surface area contributed by atoms with E-state index in [1.54, 1.807) is 24.3 Å². The third-order valence-electron chi connectivity index (χ3n) is 2.51. The van der Waals surface area contributed by atoms with Crippen LogP contribution in [0.4, 0.5) is 5.69 Å². The van der Waals surface area contributed by atoms with Crippen LogP contribution in [-0.2, 0) is 4.79 Å². The predicted molar refractivity (Wildman–Crippen MR) is 72.8 cm³/mol. The highest BCUT2D eigenvalue weighted by Gasteiger charge is 2.20. The molecule has 7 heteroatoms. The summed E-state index contributed by atoms with van der Waals surface area (Å²) in [6.07, 6.45) is 2.65. The van der Waals surface area contributed by atoms with Gasteiger partial charge in [0.15, 0.2) is 0 Å². The van der Waals surface area contributed by atoms with Gasteiger partial charge in [0.25, 0.3) is 5.91 Å². The third kappa shape index (κ3) is 3.30. The van der Waals surface area contributed by atoms with Gasteiger partial charge in [-0.15, -0.1) is 0 Å². The highest BCUT2D eigenvalue weighted by Crippen LogP contribution is 2.19. The van der Waals surface area contributed by atoms with Crippen LogP contribution in [0.2, 0.25) is 5.02 Å². The Morgan fingerprint density at radius 3 is 2.40 bits per heavy atom. The number of amides is 1. The van der Waals surface area contributed by atoms with Gasteiger partial charge in [-0.05, 0) is 30.3 Å². The fourth-order valence-corrected chi connectivity index (χ4v) is 1.74. The first-order chi connectivity index (χ1) is 9.58. The lowest BCUT2D eigenvalue weighted by atomic mass is 10.2. The number of carboxylic acids is 1. The topological polar surface area (TPSA) is 83.4 Å². The van der Waals surface area contributed by atoms with E-state index >= 15 is 0 Å². The number of carboxylic acid groups (broad SMARTS) is 1. The van der Waals surface area contributed by atoms with Crippen molar-refractivity contribution in [2.24, 2.45) is 0 Å². The Kier molecular flexibility index (Phi) is 4.27. The van der Waals surface area contributed by atoms with Crippen molar-refractivity contribution < 1.29 is 14.7 Å². The Labute approximate surface area is 119 Å². The van der Waals surface area contributed by atoms with Crippen LogP contribution < -0.4 is 4.90 Å². The lowest BCUT2D eigenvalue weighted by molar-refractivity contribution is -0.135. The minimum Gasteiger partial charge on any atom is -0.480 e. The molecule has 1 amide bonds. The molecular weight excluding hydrogens is 282 g/mol. The van der Waals surface area contributed by atoms with Crippen molar-refractivity contribution in [1.82, 2.24) is 10.2 Å². The molecule has 1 aromatic carbocycles. The molecule has 1 heterocycles. The SMILES string of the molecule is O=C(O)CN(C(=O)c1ccnnc1)c1ccc(Cl)cc1. The van der Waals surface area contributed by atoms with E-state index < -0.39 is 18.4 Å². The van der Waals surface area contributed by atoms with Crippen molar-refractivity contribution in [1.29, 1.82) is 0 Å². The van der Waals surface area contributed by atoms with Gasteiger partial charge in [0.2, 0.25) is 0 Å². The van der Waals surface area contributed by atoms with Crippen LogP contribution in [0.15, 0.2) is 42.7 Å². The summed E-state index contributed by atoms with van der Waals surface area (Å²) in [6.45, 7) is -0.456. The highest BCUT2D eigenvalue weighted by atomic mass is 35.5. The third-order valence-corrected chi connectivity index (χ3v) is 2.76. The lowest BCUT2D eigenvalue weighted by Crippen LogP contribution is -2.35. The summed E-state index contributed by atoms with van der Waals surface area (Å²) < 4.78 is 0. The van der Waals surface area contributed by atoms with Crippen molar-refractivity contribution in [3.8, 4) is 0 Å². The molecule has 2 aromatic rings. The molecule has 0 spiro atoms. The molecule has 1 aromatic heterocycles. The van der Waals surface area contributed by atoms with E-state index in [9.17, 15) is 9.59 Å². The quantitative estimate of drug-likeness (QED) is 0.929. The van der Waals surface area contributed by atoms with Gasteiger partial charge in [-0.2, -0.15) is 10.2 Å². The second-order valence-corrected chi connectivity index (χ2v) is 4.33. The average Bonchev–Trinajstić information content (AvgIpc) is 2.46. The maximum atomic E-state index is 12.3. The van der Waals surface area contributed by atoms with E-state index in [1.807, 2.05) is 0 Å². The number of carbonyl (C=O) groups excluding carboxylic acids is 1. The number of hydrogen-bond donors (Lipinski definition) is 1. The Morgan fingerprint density at radius 1 is 1.15 bits per heavy atom. The van der Waals surface area contributed by atoms with E-state index in [1.165, 1.54) is 18.5 Å². The Bertz CT molecular complexity index is 617. The van der Waals surface area contributed by atoms with Crippen molar-refractivity contribution in [3.05, 3.63) is 53.3 Å². The maximum absolute atomic E-state index is 12.3. The van der Waals surface area contributed by atoms with Gasteiger partial charge < -0.3 is 5.11 Å². The van der Waals surface area contributed by atoms with E-state index in [-0.39, 0.29) is 5.56 Å². The zero-order chi connectivity index (χ0) is 14.5. The van der Waals surface area contributed by atoms with Crippen LogP contribution in [0.5, 0.6) is 0 Å². The van der Waals surface area contributed by atoms with Gasteiger partial charge in [-0.3, -0.25) is 14.5 Å². The van der Waals surface area contributed by atoms with Crippen LogP contribution in [0.3, 0.4) is 0 Å². The molecule has 0 aliphatic carbocycles. The first-order valence-electron chi connectivity index (χ1n) is 5.64. The summed E-state index contributed by atoms with van der Waals surface area (Å²) >= 11 is 5.78. The van der Waals surface area contributed by atoms with E-state index in [2.05, 4.69) is 10.2 Å². The molecule has 0 saturated carbocycles. The summed E-state index contributed by atoms with van der Waals surface area (Å²) in [6, 6.07) is 7.81. The van der Waals surface area contributed by atoms with Gasteiger partial charge in [0.05, 0.1) is 18.0 Å². The van der Waals surface area contributed by atoms with Crippen molar-refractivity contribution in [2.45, 2.75) is 0 Å². The predicted octanol–water partition coefficient (Wildman–Crippen LogP) is 1.86. The molecule has 0 unspecified atom stereocenters. The molecule has 1 N–H and O–H groups in total. The lowest BCUT2D eigenvalue weighted by Gasteiger charge is -2.20. The molecular formula is C13H10ClN3O3. The van der Waals surface area contributed by atoms with E-state index in [4.69, 9.17) is 16.7 Å². The molecule has 0 aliphatic heterocycles. The molecule has 20 heavy (non-hydrogen) atoms. The van der Waals surface area contributed by atoms with Crippen LogP contribution >= 0.6 is 11.6 Å². The Balaban J connectivity index is 2.35. The Morgan fingerprint density at radius 2 is 1.85 bits per heavy atom. The monoisotopic (exact) mass is 291 g/mol. The van der Waals surface area contributed by atoms with Crippen molar-refractivity contribution in [3.63, 3.8) is 0 Å². The molecule has 2 rings (SSSR count). The minimum absolute atomic E-state index is 0.260.